The first kappa shape index (κ1) is 14.3. The van der Waals surface area contributed by atoms with Gasteiger partial charge >= 0.3 is 0 Å². The molecule has 0 aromatic carbocycles. The average molecular weight is 327 g/mol. The lowest BCUT2D eigenvalue weighted by molar-refractivity contribution is 0.497. The molecule has 0 fully saturated rings. The van der Waals surface area contributed by atoms with Gasteiger partial charge in [-0.15, -0.1) is 0 Å². The summed E-state index contributed by atoms with van der Waals surface area (Å²) >= 11 is 3.60. The van der Waals surface area contributed by atoms with Crippen molar-refractivity contribution in [3.8, 4) is 0 Å². The fourth-order valence-corrected chi connectivity index (χ4v) is 2.62. The number of furan rings is 1. The average Bonchev–Trinajstić information content (AvgIpc) is 2.93. The van der Waals surface area contributed by atoms with Crippen molar-refractivity contribution >= 4 is 15.9 Å². The Morgan fingerprint density at radius 2 is 2.26 bits per heavy atom. The van der Waals surface area contributed by atoms with Crippen molar-refractivity contribution in [2.45, 2.75) is 39.8 Å². The van der Waals surface area contributed by atoms with Crippen LogP contribution in [0.5, 0.6) is 0 Å². The highest BCUT2D eigenvalue weighted by Gasteiger charge is 2.19. The van der Waals surface area contributed by atoms with Gasteiger partial charge in [-0.25, -0.2) is 0 Å². The van der Waals surface area contributed by atoms with Crippen molar-refractivity contribution < 1.29 is 4.42 Å². The molecule has 2 heterocycles. The van der Waals surface area contributed by atoms with Crippen LogP contribution in [0.2, 0.25) is 0 Å². The van der Waals surface area contributed by atoms with Gasteiger partial charge in [0.05, 0.1) is 28.2 Å². The van der Waals surface area contributed by atoms with Gasteiger partial charge in [0.15, 0.2) is 0 Å². The van der Waals surface area contributed by atoms with Gasteiger partial charge in [-0.05, 0) is 42.8 Å². The van der Waals surface area contributed by atoms with Gasteiger partial charge in [-0.1, -0.05) is 0 Å². The quantitative estimate of drug-likeness (QED) is 0.654. The van der Waals surface area contributed by atoms with E-state index in [-0.39, 0.29) is 6.04 Å². The second-order valence-electron chi connectivity index (χ2n) is 4.58. The first-order chi connectivity index (χ1) is 9.06. The Balaban J connectivity index is 2.28. The number of hydrogen-bond acceptors (Lipinski definition) is 4. The monoisotopic (exact) mass is 326 g/mol. The van der Waals surface area contributed by atoms with E-state index in [9.17, 15) is 0 Å². The smallest absolute Gasteiger partial charge is 0.101 e. The van der Waals surface area contributed by atoms with E-state index in [0.717, 1.165) is 40.1 Å². The number of nitrogens with one attached hydrogen (secondary N) is 1. The molecule has 3 N–H and O–H groups in total. The van der Waals surface area contributed by atoms with Gasteiger partial charge in [-0.2, -0.15) is 5.10 Å². The molecule has 0 aliphatic carbocycles. The summed E-state index contributed by atoms with van der Waals surface area (Å²) in [6.07, 6.45) is 2.50. The number of hydrogen-bond donors (Lipinski definition) is 2. The highest BCUT2D eigenvalue weighted by Crippen LogP contribution is 2.27. The van der Waals surface area contributed by atoms with Crippen LogP contribution in [0.4, 0.5) is 0 Å². The first-order valence-electron chi connectivity index (χ1n) is 6.29. The van der Waals surface area contributed by atoms with Crippen LogP contribution in [0, 0.1) is 13.8 Å². The summed E-state index contributed by atoms with van der Waals surface area (Å²) < 4.78 is 8.39. The fraction of sp³-hybridized carbons (Fsp3) is 0.462. The Labute approximate surface area is 121 Å². The number of aryl methyl sites for hydroxylation is 3. The van der Waals surface area contributed by atoms with Crippen molar-refractivity contribution in [2.75, 3.05) is 0 Å². The lowest BCUT2D eigenvalue weighted by Gasteiger charge is -2.15. The van der Waals surface area contributed by atoms with E-state index >= 15 is 0 Å². The molecule has 0 aliphatic rings. The molecule has 0 aliphatic heterocycles. The van der Waals surface area contributed by atoms with Crippen molar-refractivity contribution in [2.24, 2.45) is 5.84 Å². The van der Waals surface area contributed by atoms with Crippen LogP contribution in [0.25, 0.3) is 0 Å². The van der Waals surface area contributed by atoms with Crippen LogP contribution in [0.15, 0.2) is 21.2 Å². The number of aromatic nitrogens is 2. The molecule has 0 spiro atoms. The maximum absolute atomic E-state index is 5.67. The van der Waals surface area contributed by atoms with Crippen LogP contribution in [0.3, 0.4) is 0 Å². The standard InChI is InChI=1S/C13H19BrN4O/c1-4-18-12(13(14)9(3)17-18)6-11(16-15)10-5-8(2)19-7-10/h5,7,11,16H,4,6,15H2,1-3H3. The van der Waals surface area contributed by atoms with E-state index in [0.29, 0.717) is 0 Å². The summed E-state index contributed by atoms with van der Waals surface area (Å²) in [6.45, 7) is 6.83. The Kier molecular flexibility index (Phi) is 4.44. The van der Waals surface area contributed by atoms with Gasteiger partial charge in [0, 0.05) is 18.5 Å². The SMILES string of the molecule is CCn1nc(C)c(Br)c1CC(NN)c1coc(C)c1. The minimum Gasteiger partial charge on any atom is -0.469 e. The van der Waals surface area contributed by atoms with E-state index < -0.39 is 0 Å². The molecular formula is C13H19BrN4O. The first-order valence-corrected chi connectivity index (χ1v) is 7.09. The second-order valence-corrected chi connectivity index (χ2v) is 5.37. The molecule has 5 nitrogen and oxygen atoms in total. The van der Waals surface area contributed by atoms with E-state index in [2.05, 4.69) is 33.4 Å². The number of nitrogens with two attached hydrogens (primary N) is 1. The molecule has 2 aromatic heterocycles. The third-order valence-corrected chi connectivity index (χ3v) is 4.24. The van der Waals surface area contributed by atoms with Crippen molar-refractivity contribution in [1.82, 2.24) is 15.2 Å². The summed E-state index contributed by atoms with van der Waals surface area (Å²) in [5.41, 5.74) is 6.03. The molecule has 1 unspecified atom stereocenters. The number of nitrogens with zero attached hydrogens (tertiary/aromatic N) is 2. The third-order valence-electron chi connectivity index (χ3n) is 3.20. The van der Waals surface area contributed by atoms with Crippen molar-refractivity contribution in [1.29, 1.82) is 0 Å². The lowest BCUT2D eigenvalue weighted by Crippen LogP contribution is -2.30. The largest absolute Gasteiger partial charge is 0.469 e. The zero-order valence-corrected chi connectivity index (χ0v) is 13.0. The molecule has 0 amide bonds. The maximum Gasteiger partial charge on any atom is 0.101 e. The molecule has 104 valence electrons. The van der Waals surface area contributed by atoms with Gasteiger partial charge in [0.25, 0.3) is 0 Å². The van der Waals surface area contributed by atoms with Crippen molar-refractivity contribution in [3.05, 3.63) is 39.5 Å². The molecule has 0 saturated heterocycles. The predicted molar refractivity (Wildman–Crippen MR) is 77.6 cm³/mol. The van der Waals surface area contributed by atoms with Gasteiger partial charge in [-0.3, -0.25) is 16.0 Å². The van der Waals surface area contributed by atoms with E-state index in [1.165, 1.54) is 0 Å². The molecule has 0 bridgehead atoms. The summed E-state index contributed by atoms with van der Waals surface area (Å²) in [6, 6.07) is 2.01. The normalized spacial score (nSPS) is 12.9. The Morgan fingerprint density at radius 1 is 1.53 bits per heavy atom. The molecule has 0 saturated carbocycles. The molecule has 1 atom stereocenters. The lowest BCUT2D eigenvalue weighted by atomic mass is 10.1. The second kappa shape index (κ2) is 5.90. The zero-order valence-electron chi connectivity index (χ0n) is 11.4. The van der Waals surface area contributed by atoms with Crippen LogP contribution in [-0.2, 0) is 13.0 Å². The zero-order chi connectivity index (χ0) is 14.0. The summed E-state index contributed by atoms with van der Waals surface area (Å²) in [5, 5.41) is 4.49. The van der Waals surface area contributed by atoms with Gasteiger partial charge in [0.2, 0.25) is 0 Å². The fourth-order valence-electron chi connectivity index (χ4n) is 2.18. The molecule has 2 aromatic rings. The molecule has 0 radical (unpaired) electrons. The summed E-state index contributed by atoms with van der Waals surface area (Å²) in [7, 11) is 0. The maximum atomic E-state index is 5.67. The minimum absolute atomic E-state index is 0.00940. The van der Waals surface area contributed by atoms with E-state index in [4.69, 9.17) is 10.3 Å². The highest BCUT2D eigenvalue weighted by atomic mass is 79.9. The van der Waals surface area contributed by atoms with Crippen LogP contribution in [-0.4, -0.2) is 9.78 Å². The van der Waals surface area contributed by atoms with E-state index in [1.807, 2.05) is 24.6 Å². The molecule has 19 heavy (non-hydrogen) atoms. The number of rotatable bonds is 5. The molecule has 6 heteroatoms. The van der Waals surface area contributed by atoms with Gasteiger partial charge in [0.1, 0.15) is 5.76 Å². The number of hydrazine groups is 1. The molecular weight excluding hydrogens is 308 g/mol. The van der Waals surface area contributed by atoms with Crippen LogP contribution in [0.1, 0.15) is 35.7 Å². The van der Waals surface area contributed by atoms with Crippen LogP contribution < -0.4 is 11.3 Å². The van der Waals surface area contributed by atoms with Crippen LogP contribution >= 0.6 is 15.9 Å². The van der Waals surface area contributed by atoms with Crippen molar-refractivity contribution in [3.63, 3.8) is 0 Å². The minimum atomic E-state index is 0.00940. The Morgan fingerprint density at radius 3 is 2.79 bits per heavy atom. The predicted octanol–water partition coefficient (Wildman–Crippen LogP) is 2.62. The Hall–Kier alpha value is -1.11. The summed E-state index contributed by atoms with van der Waals surface area (Å²) in [5.74, 6) is 6.56. The van der Waals surface area contributed by atoms with E-state index in [1.54, 1.807) is 6.26 Å². The third kappa shape index (κ3) is 2.91. The Bertz CT molecular complexity index is 561. The topological polar surface area (TPSA) is 69.0 Å². The molecule has 2 rings (SSSR count). The van der Waals surface area contributed by atoms with Gasteiger partial charge < -0.3 is 4.42 Å². The highest BCUT2D eigenvalue weighted by molar-refractivity contribution is 9.10. The summed E-state index contributed by atoms with van der Waals surface area (Å²) in [4.78, 5) is 0. The number of halogens is 1.